The first-order valence-electron chi connectivity index (χ1n) is 5.61. The van der Waals surface area contributed by atoms with Crippen LogP contribution in [0.4, 0.5) is 11.8 Å². The summed E-state index contributed by atoms with van der Waals surface area (Å²) in [6.07, 6.45) is 1.65. The molecule has 1 aromatic heterocycles. The molecule has 2 rings (SSSR count). The van der Waals surface area contributed by atoms with Crippen LogP contribution in [0.15, 0.2) is 39.4 Å². The summed E-state index contributed by atoms with van der Waals surface area (Å²) < 4.78 is 1.84. The molecule has 19 heavy (non-hydrogen) atoms. The van der Waals surface area contributed by atoms with Crippen molar-refractivity contribution < 1.29 is 0 Å². The van der Waals surface area contributed by atoms with Crippen molar-refractivity contribution in [3.8, 4) is 0 Å². The van der Waals surface area contributed by atoms with Gasteiger partial charge >= 0.3 is 0 Å². The number of aromatic nitrogens is 2. The van der Waals surface area contributed by atoms with Gasteiger partial charge in [0.15, 0.2) is 0 Å². The molecule has 0 saturated carbocycles. The number of nitrogens with one attached hydrogen (secondary N) is 2. The Labute approximate surface area is 128 Å². The Kier molecular flexibility index (Phi) is 4.73. The highest BCUT2D eigenvalue weighted by molar-refractivity contribution is 9.10. The van der Waals surface area contributed by atoms with E-state index in [0.717, 1.165) is 14.5 Å². The van der Waals surface area contributed by atoms with E-state index >= 15 is 0 Å². The minimum absolute atomic E-state index is 0.116. The van der Waals surface area contributed by atoms with Crippen LogP contribution >= 0.6 is 31.9 Å². The van der Waals surface area contributed by atoms with Crippen molar-refractivity contribution in [1.29, 1.82) is 0 Å². The standard InChI is InChI=1S/C12H13Br2N5/c1-7(8-2-4-9(13)5-3-8)17-11-10(14)6-16-12(18-11)19-15/h2-7H,15H2,1H3,(H2,16,17,18,19). The summed E-state index contributed by atoms with van der Waals surface area (Å²) in [4.78, 5) is 8.27. The maximum Gasteiger partial charge on any atom is 0.239 e. The molecule has 0 aliphatic heterocycles. The first-order chi connectivity index (χ1) is 9.10. The highest BCUT2D eigenvalue weighted by atomic mass is 79.9. The van der Waals surface area contributed by atoms with Crippen LogP contribution in [0.5, 0.6) is 0 Å². The van der Waals surface area contributed by atoms with E-state index in [-0.39, 0.29) is 6.04 Å². The van der Waals surface area contributed by atoms with Gasteiger partial charge in [-0.25, -0.2) is 10.8 Å². The van der Waals surface area contributed by atoms with Crippen LogP contribution < -0.4 is 16.6 Å². The molecule has 4 N–H and O–H groups in total. The fourth-order valence-electron chi connectivity index (χ4n) is 1.58. The maximum atomic E-state index is 5.30. The van der Waals surface area contributed by atoms with Crippen molar-refractivity contribution in [1.82, 2.24) is 9.97 Å². The van der Waals surface area contributed by atoms with Crippen molar-refractivity contribution in [2.24, 2.45) is 5.84 Å². The summed E-state index contributed by atoms with van der Waals surface area (Å²) in [7, 11) is 0. The van der Waals surface area contributed by atoms with Crippen LogP contribution in [-0.4, -0.2) is 9.97 Å². The van der Waals surface area contributed by atoms with Gasteiger partial charge in [-0.1, -0.05) is 28.1 Å². The van der Waals surface area contributed by atoms with E-state index in [1.54, 1.807) is 6.20 Å². The van der Waals surface area contributed by atoms with Crippen molar-refractivity contribution in [2.45, 2.75) is 13.0 Å². The van der Waals surface area contributed by atoms with Gasteiger partial charge in [0.25, 0.3) is 0 Å². The molecule has 0 fully saturated rings. The van der Waals surface area contributed by atoms with E-state index in [4.69, 9.17) is 5.84 Å². The number of hydrazine groups is 1. The summed E-state index contributed by atoms with van der Waals surface area (Å²) in [5.74, 6) is 6.37. The first-order valence-corrected chi connectivity index (χ1v) is 7.20. The molecule has 1 atom stereocenters. The van der Waals surface area contributed by atoms with Gasteiger partial charge in [-0.2, -0.15) is 4.98 Å². The third-order valence-electron chi connectivity index (χ3n) is 2.60. The van der Waals surface area contributed by atoms with Crippen molar-refractivity contribution in [3.05, 3.63) is 45.0 Å². The Morgan fingerprint density at radius 2 is 1.89 bits per heavy atom. The lowest BCUT2D eigenvalue weighted by Gasteiger charge is -2.16. The molecule has 7 heteroatoms. The average molecular weight is 387 g/mol. The molecule has 100 valence electrons. The van der Waals surface area contributed by atoms with Gasteiger partial charge in [0, 0.05) is 16.7 Å². The molecule has 0 radical (unpaired) electrons. The summed E-state index contributed by atoms with van der Waals surface area (Å²) in [6.45, 7) is 2.06. The molecular formula is C12H13Br2N5. The Hall–Kier alpha value is -1.18. The fraction of sp³-hybridized carbons (Fsp3) is 0.167. The number of nitrogens with zero attached hydrogens (tertiary/aromatic N) is 2. The molecule has 0 aliphatic carbocycles. The summed E-state index contributed by atoms with van der Waals surface area (Å²) in [5, 5.41) is 3.31. The molecule has 1 heterocycles. The highest BCUT2D eigenvalue weighted by Gasteiger charge is 2.10. The number of hydrogen-bond donors (Lipinski definition) is 3. The first kappa shape index (κ1) is 14.2. The van der Waals surface area contributed by atoms with Gasteiger partial charge in [-0.05, 0) is 40.5 Å². The number of anilines is 2. The van der Waals surface area contributed by atoms with Crippen LogP contribution in [-0.2, 0) is 0 Å². The van der Waals surface area contributed by atoms with Gasteiger partial charge in [0.2, 0.25) is 5.95 Å². The van der Waals surface area contributed by atoms with Crippen LogP contribution in [0, 0.1) is 0 Å². The van der Waals surface area contributed by atoms with Crippen LogP contribution in [0.3, 0.4) is 0 Å². The van der Waals surface area contributed by atoms with Gasteiger partial charge < -0.3 is 5.32 Å². The molecule has 0 amide bonds. The normalized spacial score (nSPS) is 12.0. The van der Waals surface area contributed by atoms with Gasteiger partial charge in [0.05, 0.1) is 4.47 Å². The van der Waals surface area contributed by atoms with Crippen LogP contribution in [0.2, 0.25) is 0 Å². The largest absolute Gasteiger partial charge is 0.362 e. The molecule has 1 unspecified atom stereocenters. The Balaban J connectivity index is 2.18. The van der Waals surface area contributed by atoms with E-state index in [1.807, 2.05) is 12.1 Å². The number of hydrogen-bond acceptors (Lipinski definition) is 5. The molecule has 0 saturated heterocycles. The predicted octanol–water partition coefficient (Wildman–Crippen LogP) is 3.46. The van der Waals surface area contributed by atoms with E-state index < -0.39 is 0 Å². The SMILES string of the molecule is CC(Nc1nc(NN)ncc1Br)c1ccc(Br)cc1. The maximum absolute atomic E-state index is 5.30. The smallest absolute Gasteiger partial charge is 0.239 e. The highest BCUT2D eigenvalue weighted by Crippen LogP contribution is 2.25. The Bertz CT molecular complexity index is 559. The minimum atomic E-state index is 0.116. The number of nitrogen functional groups attached to an aromatic ring is 1. The molecule has 5 nitrogen and oxygen atoms in total. The summed E-state index contributed by atoms with van der Waals surface area (Å²) in [5.41, 5.74) is 3.59. The lowest BCUT2D eigenvalue weighted by molar-refractivity contribution is 0.869. The monoisotopic (exact) mass is 385 g/mol. The third kappa shape index (κ3) is 3.65. The lowest BCUT2D eigenvalue weighted by atomic mass is 10.1. The molecule has 2 aromatic rings. The third-order valence-corrected chi connectivity index (χ3v) is 3.71. The Morgan fingerprint density at radius 1 is 1.21 bits per heavy atom. The molecular weight excluding hydrogens is 374 g/mol. The van der Waals surface area contributed by atoms with E-state index in [1.165, 1.54) is 0 Å². The topological polar surface area (TPSA) is 75.9 Å². The number of benzene rings is 1. The van der Waals surface area contributed by atoms with Crippen LogP contribution in [0.25, 0.3) is 0 Å². The second kappa shape index (κ2) is 6.31. The van der Waals surface area contributed by atoms with Crippen molar-refractivity contribution >= 4 is 43.6 Å². The van der Waals surface area contributed by atoms with Crippen LogP contribution in [0.1, 0.15) is 18.5 Å². The number of nitrogens with two attached hydrogens (primary N) is 1. The summed E-state index contributed by atoms with van der Waals surface area (Å²) in [6, 6.07) is 8.24. The molecule has 0 bridgehead atoms. The Morgan fingerprint density at radius 3 is 2.53 bits per heavy atom. The van der Waals surface area contributed by atoms with Crippen molar-refractivity contribution in [2.75, 3.05) is 10.7 Å². The molecule has 0 aliphatic rings. The fourth-order valence-corrected chi connectivity index (χ4v) is 2.15. The zero-order valence-corrected chi connectivity index (χ0v) is 13.4. The van der Waals surface area contributed by atoms with E-state index in [0.29, 0.717) is 11.8 Å². The van der Waals surface area contributed by atoms with Gasteiger partial charge in [-0.15, -0.1) is 0 Å². The van der Waals surface area contributed by atoms with Gasteiger partial charge in [0.1, 0.15) is 5.82 Å². The van der Waals surface area contributed by atoms with Crippen molar-refractivity contribution in [3.63, 3.8) is 0 Å². The second-order valence-electron chi connectivity index (χ2n) is 3.95. The molecule has 1 aromatic carbocycles. The van der Waals surface area contributed by atoms with E-state index in [2.05, 4.69) is 71.6 Å². The molecule has 0 spiro atoms. The minimum Gasteiger partial charge on any atom is -0.362 e. The second-order valence-corrected chi connectivity index (χ2v) is 5.72. The summed E-state index contributed by atoms with van der Waals surface area (Å²) >= 11 is 6.83. The van der Waals surface area contributed by atoms with E-state index in [9.17, 15) is 0 Å². The lowest BCUT2D eigenvalue weighted by Crippen LogP contribution is -2.13. The number of rotatable bonds is 4. The quantitative estimate of drug-likeness (QED) is 0.554. The average Bonchev–Trinajstić information content (AvgIpc) is 2.42. The number of halogens is 2. The van der Waals surface area contributed by atoms with Gasteiger partial charge in [-0.3, -0.25) is 5.43 Å². The zero-order valence-electron chi connectivity index (χ0n) is 10.2. The predicted molar refractivity (Wildman–Crippen MR) is 83.7 cm³/mol. The zero-order chi connectivity index (χ0) is 13.8.